The van der Waals surface area contributed by atoms with Gasteiger partial charge in [-0.25, -0.2) is 4.79 Å². The van der Waals surface area contributed by atoms with Crippen molar-refractivity contribution in [1.82, 2.24) is 4.90 Å². The molecular formula is C15H19F3N2O2. The van der Waals surface area contributed by atoms with Crippen LogP contribution in [0.15, 0.2) is 24.3 Å². The predicted molar refractivity (Wildman–Crippen MR) is 76.7 cm³/mol. The summed E-state index contributed by atoms with van der Waals surface area (Å²) in [6.45, 7) is 1.01. The maximum Gasteiger partial charge on any atom is 0.416 e. The Hall–Kier alpha value is -1.76. The molecule has 1 N–H and O–H groups in total. The van der Waals surface area contributed by atoms with Crippen LogP contribution in [0.25, 0.3) is 0 Å². The molecule has 0 radical (unpaired) electrons. The number of hydrogen-bond donors (Lipinski definition) is 1. The van der Waals surface area contributed by atoms with E-state index in [4.69, 9.17) is 4.74 Å². The average molecular weight is 316 g/mol. The molecule has 1 fully saturated rings. The van der Waals surface area contributed by atoms with Gasteiger partial charge >= 0.3 is 12.2 Å². The highest BCUT2D eigenvalue weighted by atomic mass is 19.4. The molecule has 1 aliphatic heterocycles. The largest absolute Gasteiger partial charge is 0.416 e. The number of ether oxygens (including phenoxy) is 1. The van der Waals surface area contributed by atoms with Crippen LogP contribution in [0.1, 0.15) is 24.8 Å². The Labute approximate surface area is 127 Å². The van der Waals surface area contributed by atoms with Gasteiger partial charge in [0.25, 0.3) is 0 Å². The van der Waals surface area contributed by atoms with Gasteiger partial charge in [0, 0.05) is 19.3 Å². The maximum atomic E-state index is 12.7. The van der Waals surface area contributed by atoms with E-state index in [1.165, 1.54) is 12.1 Å². The topological polar surface area (TPSA) is 41.6 Å². The van der Waals surface area contributed by atoms with E-state index < -0.39 is 11.7 Å². The lowest BCUT2D eigenvalue weighted by Crippen LogP contribution is -2.47. The first-order valence-electron chi connectivity index (χ1n) is 7.15. The van der Waals surface area contributed by atoms with Crippen molar-refractivity contribution in [2.24, 2.45) is 0 Å². The van der Waals surface area contributed by atoms with E-state index in [9.17, 15) is 18.0 Å². The number of methoxy groups -OCH3 is 1. The third-order valence-electron chi connectivity index (χ3n) is 3.69. The molecule has 1 aliphatic rings. The Morgan fingerprint density at radius 2 is 2.18 bits per heavy atom. The second-order valence-electron chi connectivity index (χ2n) is 5.31. The lowest BCUT2D eigenvalue weighted by molar-refractivity contribution is -0.137. The van der Waals surface area contributed by atoms with E-state index in [2.05, 4.69) is 5.32 Å². The van der Waals surface area contributed by atoms with Gasteiger partial charge < -0.3 is 15.0 Å². The number of nitrogens with one attached hydrogen (secondary N) is 1. The number of alkyl halides is 3. The molecule has 7 heteroatoms. The van der Waals surface area contributed by atoms with Gasteiger partial charge in [0.05, 0.1) is 18.2 Å². The number of carbonyl (C=O) groups excluding carboxylic acids is 1. The molecule has 1 saturated heterocycles. The average Bonchev–Trinajstić information content (AvgIpc) is 2.47. The van der Waals surface area contributed by atoms with Gasteiger partial charge in [-0.05, 0) is 37.5 Å². The molecule has 1 heterocycles. The van der Waals surface area contributed by atoms with Gasteiger partial charge in [0.2, 0.25) is 0 Å². The predicted octanol–water partition coefficient (Wildman–Crippen LogP) is 3.74. The molecule has 4 nitrogen and oxygen atoms in total. The second-order valence-corrected chi connectivity index (χ2v) is 5.31. The van der Waals surface area contributed by atoms with Crippen LogP contribution in [0.2, 0.25) is 0 Å². The molecule has 0 aromatic heterocycles. The zero-order chi connectivity index (χ0) is 16.2. The van der Waals surface area contributed by atoms with Gasteiger partial charge in [-0.3, -0.25) is 0 Å². The van der Waals surface area contributed by atoms with Gasteiger partial charge in [0.1, 0.15) is 0 Å². The van der Waals surface area contributed by atoms with E-state index in [-0.39, 0.29) is 17.8 Å². The van der Waals surface area contributed by atoms with E-state index in [1.54, 1.807) is 12.0 Å². The molecular weight excluding hydrogens is 297 g/mol. The number of carbonyl (C=O) groups is 1. The quantitative estimate of drug-likeness (QED) is 0.923. The number of anilines is 1. The third-order valence-corrected chi connectivity index (χ3v) is 3.69. The molecule has 2 rings (SSSR count). The number of hydrogen-bond acceptors (Lipinski definition) is 2. The van der Waals surface area contributed by atoms with Crippen LogP contribution >= 0.6 is 0 Å². The van der Waals surface area contributed by atoms with Crippen LogP contribution in [0.3, 0.4) is 0 Å². The fourth-order valence-electron chi connectivity index (χ4n) is 2.60. The Bertz CT molecular complexity index is 518. The molecule has 0 bridgehead atoms. The first-order valence-corrected chi connectivity index (χ1v) is 7.15. The summed E-state index contributed by atoms with van der Waals surface area (Å²) in [4.78, 5) is 13.9. The number of piperidine rings is 1. The number of urea groups is 1. The highest BCUT2D eigenvalue weighted by Gasteiger charge is 2.31. The molecule has 22 heavy (non-hydrogen) atoms. The van der Waals surface area contributed by atoms with Crippen LogP contribution in [0, 0.1) is 0 Å². The molecule has 1 aromatic rings. The molecule has 1 atom stereocenters. The van der Waals surface area contributed by atoms with Gasteiger partial charge in [-0.2, -0.15) is 13.2 Å². The summed E-state index contributed by atoms with van der Waals surface area (Å²) in [5, 5.41) is 2.54. The smallest absolute Gasteiger partial charge is 0.383 e. The van der Waals surface area contributed by atoms with E-state index in [0.29, 0.717) is 13.2 Å². The molecule has 0 spiro atoms. The van der Waals surface area contributed by atoms with Crippen molar-refractivity contribution in [3.05, 3.63) is 29.8 Å². The van der Waals surface area contributed by atoms with Gasteiger partial charge in [-0.1, -0.05) is 6.07 Å². The van der Waals surface area contributed by atoms with Crippen LogP contribution in [-0.2, 0) is 10.9 Å². The van der Waals surface area contributed by atoms with Crippen LogP contribution in [0.4, 0.5) is 23.7 Å². The summed E-state index contributed by atoms with van der Waals surface area (Å²) < 4.78 is 43.2. The van der Waals surface area contributed by atoms with Crippen LogP contribution in [-0.4, -0.2) is 37.2 Å². The summed E-state index contributed by atoms with van der Waals surface area (Å²) in [5.74, 6) is 0. The molecule has 122 valence electrons. The van der Waals surface area contributed by atoms with Crippen molar-refractivity contribution in [1.29, 1.82) is 0 Å². The third kappa shape index (κ3) is 4.13. The number of halogens is 3. The number of nitrogens with zero attached hydrogens (tertiary/aromatic N) is 1. The van der Waals surface area contributed by atoms with Crippen LogP contribution in [0.5, 0.6) is 0 Å². The fourth-order valence-corrected chi connectivity index (χ4v) is 2.60. The Kier molecular flexibility index (Phi) is 5.28. The SMILES string of the molecule is COC[C@H]1CCCCN1C(=O)Nc1cccc(C(F)(F)F)c1. The Balaban J connectivity index is 2.07. The summed E-state index contributed by atoms with van der Waals surface area (Å²) in [7, 11) is 1.57. The van der Waals surface area contributed by atoms with E-state index in [1.807, 2.05) is 0 Å². The summed E-state index contributed by atoms with van der Waals surface area (Å²) in [6.07, 6.45) is -1.69. The zero-order valence-electron chi connectivity index (χ0n) is 12.3. The Morgan fingerprint density at radius 1 is 1.41 bits per heavy atom. The molecule has 0 unspecified atom stereocenters. The zero-order valence-corrected chi connectivity index (χ0v) is 12.3. The minimum Gasteiger partial charge on any atom is -0.383 e. The van der Waals surface area contributed by atoms with Gasteiger partial charge in [0.15, 0.2) is 0 Å². The van der Waals surface area contributed by atoms with Crippen LogP contribution < -0.4 is 5.32 Å². The number of amides is 2. The van der Waals surface area contributed by atoms with E-state index >= 15 is 0 Å². The fraction of sp³-hybridized carbons (Fsp3) is 0.533. The van der Waals surface area contributed by atoms with Crippen molar-refractivity contribution in [3.8, 4) is 0 Å². The molecule has 0 saturated carbocycles. The van der Waals surface area contributed by atoms with Crippen molar-refractivity contribution in [2.45, 2.75) is 31.5 Å². The van der Waals surface area contributed by atoms with Crippen molar-refractivity contribution in [3.63, 3.8) is 0 Å². The number of likely N-dealkylation sites (tertiary alicyclic amines) is 1. The molecule has 1 aromatic carbocycles. The maximum absolute atomic E-state index is 12.7. The second kappa shape index (κ2) is 7.00. The highest BCUT2D eigenvalue weighted by Crippen LogP contribution is 2.30. The Morgan fingerprint density at radius 3 is 2.86 bits per heavy atom. The summed E-state index contributed by atoms with van der Waals surface area (Å²) >= 11 is 0. The standard InChI is InChI=1S/C15H19F3N2O2/c1-22-10-13-7-2-3-8-20(13)14(21)19-12-6-4-5-11(9-12)15(16,17)18/h4-6,9,13H,2-3,7-8,10H2,1H3,(H,19,21)/t13-/m1/s1. The van der Waals surface area contributed by atoms with Crippen molar-refractivity contribution >= 4 is 11.7 Å². The minimum atomic E-state index is -4.43. The van der Waals surface area contributed by atoms with Crippen molar-refractivity contribution < 1.29 is 22.7 Å². The van der Waals surface area contributed by atoms with E-state index in [0.717, 1.165) is 31.4 Å². The monoisotopic (exact) mass is 316 g/mol. The molecule has 0 aliphatic carbocycles. The van der Waals surface area contributed by atoms with Crippen molar-refractivity contribution in [2.75, 3.05) is 25.6 Å². The first-order chi connectivity index (χ1) is 10.4. The van der Waals surface area contributed by atoms with Gasteiger partial charge in [-0.15, -0.1) is 0 Å². The minimum absolute atomic E-state index is 0.0375. The lowest BCUT2D eigenvalue weighted by Gasteiger charge is -2.35. The lowest BCUT2D eigenvalue weighted by atomic mass is 10.0. The normalized spacial score (nSPS) is 19.1. The molecule has 2 amide bonds. The summed E-state index contributed by atoms with van der Waals surface area (Å²) in [5.41, 5.74) is -0.640. The first kappa shape index (κ1) is 16.6. The number of rotatable bonds is 3. The highest BCUT2D eigenvalue weighted by molar-refractivity contribution is 5.89. The summed E-state index contributed by atoms with van der Waals surface area (Å²) in [6, 6.07) is 4.21. The number of benzene rings is 1.